The maximum atomic E-state index is 13.0. The number of carboxylic acids is 1. The number of halogens is 1. The van der Waals surface area contributed by atoms with Gasteiger partial charge in [-0.05, 0) is 23.6 Å². The number of benzene rings is 1. The maximum Gasteiger partial charge on any atom is 0.313 e. The SMILES string of the molecule is CC(C)c1cnc(SCC(=O)O)n1Cc1ccc(F)cc1. The van der Waals surface area contributed by atoms with Crippen LogP contribution in [0, 0.1) is 5.82 Å². The minimum absolute atomic E-state index is 0.0298. The first-order valence-electron chi connectivity index (χ1n) is 6.62. The molecule has 21 heavy (non-hydrogen) atoms. The Balaban J connectivity index is 2.27. The van der Waals surface area contributed by atoms with Gasteiger partial charge >= 0.3 is 5.97 Å². The zero-order valence-corrected chi connectivity index (χ0v) is 12.7. The molecule has 1 aromatic heterocycles. The number of hydrogen-bond acceptors (Lipinski definition) is 3. The highest BCUT2D eigenvalue weighted by molar-refractivity contribution is 7.99. The third kappa shape index (κ3) is 4.07. The molecule has 0 fully saturated rings. The van der Waals surface area contributed by atoms with E-state index in [9.17, 15) is 9.18 Å². The molecule has 0 aliphatic carbocycles. The number of imidazole rings is 1. The van der Waals surface area contributed by atoms with Crippen LogP contribution in [0.1, 0.15) is 31.0 Å². The third-order valence-corrected chi connectivity index (χ3v) is 4.00. The van der Waals surface area contributed by atoms with Crippen molar-refractivity contribution in [3.05, 3.63) is 47.5 Å². The molecule has 0 unspecified atom stereocenters. The average molecular weight is 308 g/mol. The minimum Gasteiger partial charge on any atom is -0.481 e. The summed E-state index contributed by atoms with van der Waals surface area (Å²) in [7, 11) is 0. The van der Waals surface area contributed by atoms with E-state index in [1.54, 1.807) is 18.3 Å². The lowest BCUT2D eigenvalue weighted by Gasteiger charge is -2.13. The Morgan fingerprint density at radius 2 is 2.05 bits per heavy atom. The van der Waals surface area contributed by atoms with Gasteiger partial charge < -0.3 is 9.67 Å². The zero-order valence-electron chi connectivity index (χ0n) is 11.9. The lowest BCUT2D eigenvalue weighted by atomic mass is 10.1. The van der Waals surface area contributed by atoms with E-state index in [1.165, 1.54) is 23.9 Å². The van der Waals surface area contributed by atoms with Crippen LogP contribution in [-0.2, 0) is 11.3 Å². The summed E-state index contributed by atoms with van der Waals surface area (Å²) < 4.78 is 15.0. The summed E-state index contributed by atoms with van der Waals surface area (Å²) in [6.45, 7) is 4.67. The number of carboxylic acid groups (broad SMARTS) is 1. The van der Waals surface area contributed by atoms with Gasteiger partial charge in [0.25, 0.3) is 0 Å². The fraction of sp³-hybridized carbons (Fsp3) is 0.333. The first-order chi connectivity index (χ1) is 9.97. The smallest absolute Gasteiger partial charge is 0.313 e. The van der Waals surface area contributed by atoms with E-state index in [2.05, 4.69) is 18.8 Å². The van der Waals surface area contributed by atoms with E-state index in [0.29, 0.717) is 11.7 Å². The fourth-order valence-corrected chi connectivity index (χ4v) is 2.71. The Labute approximate surface area is 127 Å². The van der Waals surface area contributed by atoms with Crippen LogP contribution in [0.2, 0.25) is 0 Å². The lowest BCUT2D eigenvalue weighted by Crippen LogP contribution is -2.08. The van der Waals surface area contributed by atoms with Crippen molar-refractivity contribution >= 4 is 17.7 Å². The summed E-state index contributed by atoms with van der Waals surface area (Å²) in [5.74, 6) is -0.897. The van der Waals surface area contributed by atoms with Gasteiger partial charge in [-0.15, -0.1) is 0 Å². The molecule has 0 spiro atoms. The molecule has 1 aromatic carbocycles. The maximum absolute atomic E-state index is 13.0. The van der Waals surface area contributed by atoms with Gasteiger partial charge in [0, 0.05) is 18.4 Å². The van der Waals surface area contributed by atoms with Gasteiger partial charge in [-0.2, -0.15) is 0 Å². The van der Waals surface area contributed by atoms with Crippen LogP contribution in [0.3, 0.4) is 0 Å². The Kier molecular flexibility index (Phi) is 5.01. The largest absolute Gasteiger partial charge is 0.481 e. The van der Waals surface area contributed by atoms with Gasteiger partial charge in [-0.25, -0.2) is 9.37 Å². The Bertz CT molecular complexity index is 623. The Morgan fingerprint density at radius 3 is 2.62 bits per heavy atom. The van der Waals surface area contributed by atoms with Gasteiger partial charge in [0.15, 0.2) is 5.16 Å². The zero-order chi connectivity index (χ0) is 15.4. The van der Waals surface area contributed by atoms with E-state index in [1.807, 2.05) is 4.57 Å². The second-order valence-corrected chi connectivity index (χ2v) is 5.96. The highest BCUT2D eigenvalue weighted by Crippen LogP contribution is 2.24. The molecule has 4 nitrogen and oxygen atoms in total. The van der Waals surface area contributed by atoms with Crippen LogP contribution < -0.4 is 0 Å². The first kappa shape index (κ1) is 15.6. The topological polar surface area (TPSA) is 55.1 Å². The minimum atomic E-state index is -0.873. The summed E-state index contributed by atoms with van der Waals surface area (Å²) in [6, 6.07) is 6.30. The van der Waals surface area contributed by atoms with Gasteiger partial charge in [-0.3, -0.25) is 4.79 Å². The van der Waals surface area contributed by atoms with Crippen LogP contribution >= 0.6 is 11.8 Å². The van der Waals surface area contributed by atoms with Crippen molar-refractivity contribution in [1.82, 2.24) is 9.55 Å². The van der Waals surface area contributed by atoms with E-state index in [-0.39, 0.29) is 17.5 Å². The average Bonchev–Trinajstić information content (AvgIpc) is 2.82. The van der Waals surface area contributed by atoms with Gasteiger partial charge in [-0.1, -0.05) is 37.7 Å². The van der Waals surface area contributed by atoms with Gasteiger partial charge in [0.2, 0.25) is 0 Å². The number of thioether (sulfide) groups is 1. The third-order valence-electron chi connectivity index (χ3n) is 3.02. The number of carbonyl (C=O) groups is 1. The van der Waals surface area contributed by atoms with Crippen LogP contribution in [-0.4, -0.2) is 26.4 Å². The highest BCUT2D eigenvalue weighted by Gasteiger charge is 2.14. The second kappa shape index (κ2) is 6.76. The molecule has 1 N–H and O–H groups in total. The molecule has 0 bridgehead atoms. The number of hydrogen-bond donors (Lipinski definition) is 1. The molecule has 0 aliphatic rings. The summed E-state index contributed by atoms with van der Waals surface area (Å²) >= 11 is 1.19. The molecule has 0 aliphatic heterocycles. The summed E-state index contributed by atoms with van der Waals surface area (Å²) in [5.41, 5.74) is 1.99. The molecule has 6 heteroatoms. The number of nitrogens with zero attached hydrogens (tertiary/aromatic N) is 2. The molecule has 0 saturated heterocycles. The standard InChI is InChI=1S/C15H17FN2O2S/c1-10(2)13-7-17-15(21-9-14(19)20)18(13)8-11-3-5-12(16)6-4-11/h3-7,10H,8-9H2,1-2H3,(H,19,20). The van der Waals surface area contributed by atoms with Gasteiger partial charge in [0.05, 0.1) is 5.75 Å². The quantitative estimate of drug-likeness (QED) is 0.831. The van der Waals surface area contributed by atoms with Crippen molar-refractivity contribution in [2.75, 3.05) is 5.75 Å². The summed E-state index contributed by atoms with van der Waals surface area (Å²) in [5, 5.41) is 9.47. The van der Waals surface area contributed by atoms with E-state index >= 15 is 0 Å². The molecule has 0 saturated carbocycles. The number of aliphatic carboxylic acids is 1. The molecule has 2 aromatic rings. The molecule has 2 rings (SSSR count). The normalized spacial score (nSPS) is 11.0. The molecule has 0 amide bonds. The molecular formula is C15H17FN2O2S. The monoisotopic (exact) mass is 308 g/mol. The lowest BCUT2D eigenvalue weighted by molar-refractivity contribution is -0.133. The molecule has 0 radical (unpaired) electrons. The van der Waals surface area contributed by atoms with Crippen molar-refractivity contribution in [2.45, 2.75) is 31.5 Å². The molecule has 112 valence electrons. The fourth-order valence-electron chi connectivity index (χ4n) is 2.00. The Morgan fingerprint density at radius 1 is 1.38 bits per heavy atom. The van der Waals surface area contributed by atoms with Crippen LogP contribution in [0.25, 0.3) is 0 Å². The second-order valence-electron chi connectivity index (χ2n) is 5.02. The first-order valence-corrected chi connectivity index (χ1v) is 7.60. The van der Waals surface area contributed by atoms with Crippen molar-refractivity contribution in [2.24, 2.45) is 0 Å². The Hall–Kier alpha value is -1.82. The predicted molar refractivity (Wildman–Crippen MR) is 80.2 cm³/mol. The van der Waals surface area contributed by atoms with E-state index < -0.39 is 5.97 Å². The highest BCUT2D eigenvalue weighted by atomic mass is 32.2. The number of aromatic nitrogens is 2. The molecule has 1 heterocycles. The van der Waals surface area contributed by atoms with E-state index in [4.69, 9.17) is 5.11 Å². The van der Waals surface area contributed by atoms with Gasteiger partial charge in [0.1, 0.15) is 5.82 Å². The number of rotatable bonds is 6. The van der Waals surface area contributed by atoms with Crippen molar-refractivity contribution in [1.29, 1.82) is 0 Å². The summed E-state index contributed by atoms with van der Waals surface area (Å²) in [4.78, 5) is 15.0. The van der Waals surface area contributed by atoms with Crippen LogP contribution in [0.5, 0.6) is 0 Å². The predicted octanol–water partition coefficient (Wildman–Crippen LogP) is 3.37. The van der Waals surface area contributed by atoms with Crippen molar-refractivity contribution in [3.63, 3.8) is 0 Å². The molecule has 0 atom stereocenters. The van der Waals surface area contributed by atoms with E-state index in [0.717, 1.165) is 11.3 Å². The van der Waals surface area contributed by atoms with Crippen LogP contribution in [0.4, 0.5) is 4.39 Å². The summed E-state index contributed by atoms with van der Waals surface area (Å²) in [6.07, 6.45) is 1.78. The van der Waals surface area contributed by atoms with Crippen molar-refractivity contribution in [3.8, 4) is 0 Å². The van der Waals surface area contributed by atoms with Crippen LogP contribution in [0.15, 0.2) is 35.6 Å². The molecular weight excluding hydrogens is 291 g/mol. The van der Waals surface area contributed by atoms with Crippen molar-refractivity contribution < 1.29 is 14.3 Å².